The Balaban J connectivity index is 1.44. The van der Waals surface area contributed by atoms with Crippen LogP contribution >= 0.6 is 11.6 Å². The van der Waals surface area contributed by atoms with Crippen LogP contribution < -0.4 is 20.8 Å². The van der Waals surface area contributed by atoms with Crippen molar-refractivity contribution in [3.8, 4) is 5.75 Å². The van der Waals surface area contributed by atoms with Crippen LogP contribution in [0.4, 0.5) is 11.4 Å². The van der Waals surface area contributed by atoms with E-state index in [9.17, 15) is 14.4 Å². The molecule has 0 unspecified atom stereocenters. The number of hydrogen-bond acceptors (Lipinski definition) is 5. The van der Waals surface area contributed by atoms with Gasteiger partial charge in [-0.05, 0) is 85.1 Å². The molecule has 0 aliphatic carbocycles. The number of anilines is 2. The Morgan fingerprint density at radius 2 is 1.59 bits per heavy atom. The van der Waals surface area contributed by atoms with Gasteiger partial charge in [-0.25, -0.2) is 5.43 Å². The van der Waals surface area contributed by atoms with Gasteiger partial charge < -0.3 is 15.4 Å². The first kappa shape index (κ1) is 24.5. The average molecular weight is 479 g/mol. The average Bonchev–Trinajstić information content (AvgIpc) is 2.78. The molecule has 0 aromatic heterocycles. The summed E-state index contributed by atoms with van der Waals surface area (Å²) in [7, 11) is 0. The topological polar surface area (TPSA) is 109 Å². The van der Waals surface area contributed by atoms with Crippen LogP contribution in [-0.2, 0) is 14.4 Å². The Bertz CT molecular complexity index is 1210. The number of nitrogens with one attached hydrogen (secondary N) is 3. The number of ether oxygens (including phenoxy) is 1. The molecule has 0 heterocycles. The van der Waals surface area contributed by atoms with Gasteiger partial charge >= 0.3 is 11.8 Å². The summed E-state index contributed by atoms with van der Waals surface area (Å²) in [6.45, 7) is 3.79. The third-order valence-corrected chi connectivity index (χ3v) is 4.66. The second-order valence-corrected chi connectivity index (χ2v) is 7.88. The van der Waals surface area contributed by atoms with Gasteiger partial charge in [0, 0.05) is 16.4 Å². The summed E-state index contributed by atoms with van der Waals surface area (Å²) < 4.78 is 5.51. The molecule has 0 bridgehead atoms. The number of halogens is 1. The molecule has 3 aromatic carbocycles. The second kappa shape index (κ2) is 11.6. The van der Waals surface area contributed by atoms with Crippen molar-refractivity contribution in [2.24, 2.45) is 5.10 Å². The van der Waals surface area contributed by atoms with Crippen molar-refractivity contribution in [1.82, 2.24) is 5.43 Å². The summed E-state index contributed by atoms with van der Waals surface area (Å²) in [5.74, 6) is -1.57. The number of benzene rings is 3. The van der Waals surface area contributed by atoms with E-state index in [1.807, 2.05) is 32.0 Å². The predicted octanol–water partition coefficient (Wildman–Crippen LogP) is 4.06. The summed E-state index contributed by atoms with van der Waals surface area (Å²) in [6, 6.07) is 19.0. The highest BCUT2D eigenvalue weighted by Crippen LogP contribution is 2.16. The molecule has 3 rings (SSSR count). The van der Waals surface area contributed by atoms with E-state index >= 15 is 0 Å². The molecule has 34 heavy (non-hydrogen) atoms. The summed E-state index contributed by atoms with van der Waals surface area (Å²) in [4.78, 5) is 35.9. The molecular formula is C25H23ClN4O4. The monoisotopic (exact) mass is 478 g/mol. The standard InChI is InChI=1S/C25H23ClN4O4/c1-16-10-17(2)12-21(11-16)28-23(31)15-34-22-8-6-18(7-9-22)14-27-30-25(33)24(32)29-20-5-3-4-19(26)13-20/h3-14H,15H2,1-2H3,(H,28,31)(H,29,32)(H,30,33)/b27-14-. The SMILES string of the molecule is Cc1cc(C)cc(NC(=O)COc2ccc(/C=N\NC(=O)C(=O)Nc3cccc(Cl)c3)cc2)c1. The Kier molecular flexibility index (Phi) is 8.37. The van der Waals surface area contributed by atoms with Crippen LogP contribution in [0.25, 0.3) is 0 Å². The number of carbonyl (C=O) groups is 3. The van der Waals surface area contributed by atoms with Crippen molar-refractivity contribution < 1.29 is 19.1 Å². The van der Waals surface area contributed by atoms with Crippen LogP contribution in [0.5, 0.6) is 5.75 Å². The molecule has 0 radical (unpaired) electrons. The number of nitrogens with zero attached hydrogens (tertiary/aromatic N) is 1. The number of amides is 3. The summed E-state index contributed by atoms with van der Waals surface area (Å²) in [5, 5.41) is 9.44. The highest BCUT2D eigenvalue weighted by Gasteiger charge is 2.13. The molecule has 0 spiro atoms. The van der Waals surface area contributed by atoms with Crippen LogP contribution in [0, 0.1) is 13.8 Å². The first-order chi connectivity index (χ1) is 16.3. The minimum absolute atomic E-state index is 0.141. The fraction of sp³-hybridized carbons (Fsp3) is 0.120. The van der Waals surface area contributed by atoms with E-state index in [-0.39, 0.29) is 12.5 Å². The van der Waals surface area contributed by atoms with Gasteiger partial charge in [-0.1, -0.05) is 23.7 Å². The lowest BCUT2D eigenvalue weighted by molar-refractivity contribution is -0.136. The van der Waals surface area contributed by atoms with Crippen LogP contribution in [-0.4, -0.2) is 30.5 Å². The maximum absolute atomic E-state index is 12.1. The van der Waals surface area contributed by atoms with E-state index in [4.69, 9.17) is 16.3 Å². The molecule has 0 saturated heterocycles. The lowest BCUT2D eigenvalue weighted by atomic mass is 10.1. The van der Waals surface area contributed by atoms with Gasteiger partial charge in [-0.15, -0.1) is 0 Å². The van der Waals surface area contributed by atoms with Gasteiger partial charge in [0.05, 0.1) is 6.21 Å². The molecule has 0 aliphatic rings. The van der Waals surface area contributed by atoms with Crippen LogP contribution in [0.15, 0.2) is 71.8 Å². The fourth-order valence-electron chi connectivity index (χ4n) is 3.01. The Morgan fingerprint density at radius 1 is 0.882 bits per heavy atom. The number of carbonyl (C=O) groups excluding carboxylic acids is 3. The number of aryl methyl sites for hydroxylation is 2. The Labute approximate surface area is 202 Å². The van der Waals surface area contributed by atoms with Crippen molar-refractivity contribution in [3.63, 3.8) is 0 Å². The van der Waals surface area contributed by atoms with E-state index in [2.05, 4.69) is 21.2 Å². The number of hydrogen-bond donors (Lipinski definition) is 3. The molecule has 0 aliphatic heterocycles. The Hall–Kier alpha value is -4.17. The van der Waals surface area contributed by atoms with Gasteiger partial charge in [0.2, 0.25) is 0 Å². The summed E-state index contributed by atoms with van der Waals surface area (Å²) in [5.41, 5.74) is 6.05. The van der Waals surface area contributed by atoms with Gasteiger partial charge in [0.25, 0.3) is 5.91 Å². The molecule has 0 fully saturated rings. The van der Waals surface area contributed by atoms with Gasteiger partial charge in [0.15, 0.2) is 6.61 Å². The van der Waals surface area contributed by atoms with Crippen molar-refractivity contribution >= 4 is 46.9 Å². The van der Waals surface area contributed by atoms with Crippen molar-refractivity contribution in [1.29, 1.82) is 0 Å². The zero-order chi connectivity index (χ0) is 24.5. The van der Waals surface area contributed by atoms with Crippen LogP contribution in [0.2, 0.25) is 5.02 Å². The fourth-order valence-corrected chi connectivity index (χ4v) is 3.20. The quantitative estimate of drug-likeness (QED) is 0.270. The number of hydrazone groups is 1. The minimum Gasteiger partial charge on any atom is -0.484 e. The molecule has 3 amide bonds. The first-order valence-electron chi connectivity index (χ1n) is 10.3. The Morgan fingerprint density at radius 3 is 2.26 bits per heavy atom. The molecular weight excluding hydrogens is 456 g/mol. The summed E-state index contributed by atoms with van der Waals surface area (Å²) in [6.07, 6.45) is 1.38. The number of rotatable bonds is 7. The van der Waals surface area contributed by atoms with Gasteiger partial charge in [-0.3, -0.25) is 14.4 Å². The molecule has 174 valence electrons. The smallest absolute Gasteiger partial charge is 0.329 e. The van der Waals surface area contributed by atoms with Crippen molar-refractivity contribution in [3.05, 3.63) is 88.4 Å². The van der Waals surface area contributed by atoms with Gasteiger partial charge in [-0.2, -0.15) is 5.10 Å². The highest BCUT2D eigenvalue weighted by atomic mass is 35.5. The van der Waals surface area contributed by atoms with E-state index in [0.29, 0.717) is 22.0 Å². The van der Waals surface area contributed by atoms with Crippen LogP contribution in [0.1, 0.15) is 16.7 Å². The molecule has 0 atom stereocenters. The summed E-state index contributed by atoms with van der Waals surface area (Å²) >= 11 is 5.84. The zero-order valence-electron chi connectivity index (χ0n) is 18.6. The molecule has 0 saturated carbocycles. The lowest BCUT2D eigenvalue weighted by Gasteiger charge is -2.09. The lowest BCUT2D eigenvalue weighted by Crippen LogP contribution is -2.32. The van der Waals surface area contributed by atoms with Crippen molar-refractivity contribution in [2.45, 2.75) is 13.8 Å². The van der Waals surface area contributed by atoms with E-state index < -0.39 is 11.8 Å². The van der Waals surface area contributed by atoms with E-state index in [1.165, 1.54) is 12.3 Å². The minimum atomic E-state index is -0.925. The third kappa shape index (κ3) is 7.75. The molecule has 3 N–H and O–H groups in total. The van der Waals surface area contributed by atoms with E-state index in [1.54, 1.807) is 42.5 Å². The molecule has 8 nitrogen and oxygen atoms in total. The first-order valence-corrected chi connectivity index (χ1v) is 10.7. The maximum Gasteiger partial charge on any atom is 0.329 e. The zero-order valence-corrected chi connectivity index (χ0v) is 19.3. The van der Waals surface area contributed by atoms with Crippen molar-refractivity contribution in [2.75, 3.05) is 17.2 Å². The van der Waals surface area contributed by atoms with Crippen LogP contribution in [0.3, 0.4) is 0 Å². The largest absolute Gasteiger partial charge is 0.484 e. The van der Waals surface area contributed by atoms with Gasteiger partial charge in [0.1, 0.15) is 5.75 Å². The maximum atomic E-state index is 12.1. The normalized spacial score (nSPS) is 10.6. The second-order valence-electron chi connectivity index (χ2n) is 7.45. The molecule has 9 heteroatoms. The van der Waals surface area contributed by atoms with E-state index in [0.717, 1.165) is 16.8 Å². The molecule has 3 aromatic rings. The third-order valence-electron chi connectivity index (χ3n) is 4.42. The predicted molar refractivity (Wildman–Crippen MR) is 132 cm³/mol. The highest BCUT2D eigenvalue weighted by molar-refractivity contribution is 6.39.